The summed E-state index contributed by atoms with van der Waals surface area (Å²) in [5, 5.41) is 0. The van der Waals surface area contributed by atoms with E-state index in [1.165, 1.54) is 0 Å². The maximum atomic E-state index is 12.3. The number of nitrogens with two attached hydrogens (primary N) is 1. The number of hydrogen-bond acceptors (Lipinski definition) is 3. The molecule has 0 fully saturated rings. The summed E-state index contributed by atoms with van der Waals surface area (Å²) in [6.45, 7) is 8.00. The summed E-state index contributed by atoms with van der Waals surface area (Å²) in [7, 11) is 0. The van der Waals surface area contributed by atoms with E-state index in [2.05, 4.69) is 0 Å². The first kappa shape index (κ1) is 13.9. The summed E-state index contributed by atoms with van der Waals surface area (Å²) in [5.41, 5.74) is 8.32. The quantitative estimate of drug-likeness (QED) is 0.832. The second-order valence-electron chi connectivity index (χ2n) is 6.11. The van der Waals surface area contributed by atoms with E-state index in [0.717, 1.165) is 23.4 Å². The molecule has 0 radical (unpaired) electrons. The molecule has 4 nitrogen and oxygen atoms in total. The minimum absolute atomic E-state index is 0.00551. The number of fused-ring (bicyclic) bond motifs is 1. The summed E-state index contributed by atoms with van der Waals surface area (Å²) in [6, 6.07) is 5.86. The van der Waals surface area contributed by atoms with Crippen LogP contribution < -0.4 is 10.6 Å². The highest BCUT2D eigenvalue weighted by Crippen LogP contribution is 2.33. The van der Waals surface area contributed by atoms with Gasteiger partial charge in [-0.05, 0) is 57.9 Å². The van der Waals surface area contributed by atoms with Crippen LogP contribution in [0.15, 0.2) is 18.2 Å². The molecule has 2 rings (SSSR count). The average Bonchev–Trinajstić information content (AvgIpc) is 2.60. The van der Waals surface area contributed by atoms with Crippen LogP contribution in [0.1, 0.15) is 33.3 Å². The van der Waals surface area contributed by atoms with E-state index in [-0.39, 0.29) is 24.2 Å². The first-order valence-corrected chi connectivity index (χ1v) is 6.62. The van der Waals surface area contributed by atoms with Crippen molar-refractivity contribution in [3.63, 3.8) is 0 Å². The van der Waals surface area contributed by atoms with E-state index in [0.29, 0.717) is 0 Å². The number of carbonyl (C=O) groups excluding carboxylic acids is 1. The van der Waals surface area contributed by atoms with E-state index < -0.39 is 0 Å². The van der Waals surface area contributed by atoms with Crippen molar-refractivity contribution in [2.24, 2.45) is 0 Å². The Labute approximate surface area is 114 Å². The fraction of sp³-hybridized carbons (Fsp3) is 0.533. The van der Waals surface area contributed by atoms with E-state index in [1.807, 2.05) is 50.8 Å². The molecule has 1 aromatic rings. The van der Waals surface area contributed by atoms with Crippen molar-refractivity contribution in [1.82, 2.24) is 0 Å². The van der Waals surface area contributed by atoms with E-state index >= 15 is 0 Å². The Kier molecular flexibility index (Phi) is 3.54. The first-order valence-electron chi connectivity index (χ1n) is 6.62. The molecular formula is C15H22N2O2. The van der Waals surface area contributed by atoms with Crippen molar-refractivity contribution in [3.8, 4) is 0 Å². The molecule has 1 aromatic carbocycles. The highest BCUT2D eigenvalue weighted by Gasteiger charge is 2.31. The minimum atomic E-state index is -0.303. The van der Waals surface area contributed by atoms with Crippen LogP contribution in [0.4, 0.5) is 11.4 Å². The molecule has 1 unspecified atom stereocenters. The predicted molar refractivity (Wildman–Crippen MR) is 77.2 cm³/mol. The molecule has 0 aliphatic carbocycles. The Morgan fingerprint density at radius 1 is 1.47 bits per heavy atom. The number of nitrogen functional groups attached to an aromatic ring is 1. The molecule has 1 heterocycles. The predicted octanol–water partition coefficient (Wildman–Crippen LogP) is 2.36. The second-order valence-corrected chi connectivity index (χ2v) is 6.11. The van der Waals surface area contributed by atoms with Crippen LogP contribution in [-0.2, 0) is 16.0 Å². The number of amides is 1. The first-order chi connectivity index (χ1) is 8.78. The van der Waals surface area contributed by atoms with Gasteiger partial charge in [-0.15, -0.1) is 0 Å². The van der Waals surface area contributed by atoms with Gasteiger partial charge in [-0.3, -0.25) is 4.79 Å². The van der Waals surface area contributed by atoms with Gasteiger partial charge in [0.1, 0.15) is 6.61 Å². The van der Waals surface area contributed by atoms with Crippen molar-refractivity contribution in [2.45, 2.75) is 45.8 Å². The van der Waals surface area contributed by atoms with Crippen LogP contribution in [-0.4, -0.2) is 24.2 Å². The van der Waals surface area contributed by atoms with Crippen molar-refractivity contribution in [2.75, 3.05) is 17.2 Å². The lowest BCUT2D eigenvalue weighted by Gasteiger charge is -2.25. The Morgan fingerprint density at radius 2 is 2.16 bits per heavy atom. The topological polar surface area (TPSA) is 55.6 Å². The van der Waals surface area contributed by atoms with Crippen molar-refractivity contribution in [1.29, 1.82) is 0 Å². The fourth-order valence-corrected chi connectivity index (χ4v) is 2.38. The van der Waals surface area contributed by atoms with Gasteiger partial charge in [-0.25, -0.2) is 0 Å². The Bertz CT molecular complexity index is 491. The summed E-state index contributed by atoms with van der Waals surface area (Å²) >= 11 is 0. The van der Waals surface area contributed by atoms with Gasteiger partial charge in [-0.1, -0.05) is 0 Å². The number of nitrogens with zero attached hydrogens (tertiary/aromatic N) is 1. The third-order valence-electron chi connectivity index (χ3n) is 3.22. The molecule has 0 spiro atoms. The molecule has 1 amide bonds. The van der Waals surface area contributed by atoms with Gasteiger partial charge < -0.3 is 15.4 Å². The van der Waals surface area contributed by atoms with Gasteiger partial charge >= 0.3 is 0 Å². The Hall–Kier alpha value is -1.55. The molecular weight excluding hydrogens is 240 g/mol. The smallest absolute Gasteiger partial charge is 0.253 e. The average molecular weight is 262 g/mol. The molecule has 0 aromatic heterocycles. The molecule has 1 aliphatic heterocycles. The maximum Gasteiger partial charge on any atom is 0.253 e. The van der Waals surface area contributed by atoms with Crippen LogP contribution in [0.5, 0.6) is 0 Å². The van der Waals surface area contributed by atoms with Gasteiger partial charge in [0.2, 0.25) is 0 Å². The number of hydrogen-bond donors (Lipinski definition) is 1. The summed E-state index contributed by atoms with van der Waals surface area (Å²) in [5.74, 6) is 0.00551. The third kappa shape index (κ3) is 3.07. The Morgan fingerprint density at radius 3 is 2.79 bits per heavy atom. The van der Waals surface area contributed by atoms with Crippen LogP contribution in [0.3, 0.4) is 0 Å². The largest absolute Gasteiger partial charge is 0.399 e. The van der Waals surface area contributed by atoms with Crippen molar-refractivity contribution in [3.05, 3.63) is 23.8 Å². The molecule has 0 saturated carbocycles. The molecule has 104 valence electrons. The molecule has 1 atom stereocenters. The summed E-state index contributed by atoms with van der Waals surface area (Å²) in [4.78, 5) is 14.1. The van der Waals surface area contributed by atoms with Crippen LogP contribution in [0.2, 0.25) is 0 Å². The lowest BCUT2D eigenvalue weighted by Crippen LogP contribution is -2.40. The normalized spacial score (nSPS) is 18.5. The molecule has 19 heavy (non-hydrogen) atoms. The van der Waals surface area contributed by atoms with E-state index in [9.17, 15) is 4.79 Å². The molecule has 0 bridgehead atoms. The standard InChI is InChI=1S/C15H22N2O2/c1-10-7-11-8-12(16)5-6-13(11)17(10)14(18)9-19-15(2,3)4/h5-6,8,10H,7,9,16H2,1-4H3. The molecule has 0 saturated heterocycles. The monoisotopic (exact) mass is 262 g/mol. The Balaban J connectivity index is 2.15. The zero-order chi connectivity index (χ0) is 14.2. The number of anilines is 2. The lowest BCUT2D eigenvalue weighted by molar-refractivity contribution is -0.128. The molecule has 1 aliphatic rings. The zero-order valence-electron chi connectivity index (χ0n) is 12.1. The van der Waals surface area contributed by atoms with Gasteiger partial charge in [0.05, 0.1) is 5.60 Å². The number of ether oxygens (including phenoxy) is 1. The van der Waals surface area contributed by atoms with E-state index in [4.69, 9.17) is 10.5 Å². The maximum absolute atomic E-state index is 12.3. The highest BCUT2D eigenvalue weighted by molar-refractivity contribution is 5.97. The van der Waals surface area contributed by atoms with Crippen LogP contribution in [0, 0.1) is 0 Å². The second kappa shape index (κ2) is 4.85. The molecule has 2 N–H and O–H groups in total. The van der Waals surface area contributed by atoms with E-state index in [1.54, 1.807) is 0 Å². The molecule has 4 heteroatoms. The van der Waals surface area contributed by atoms with Gasteiger partial charge in [-0.2, -0.15) is 0 Å². The zero-order valence-corrected chi connectivity index (χ0v) is 12.1. The summed E-state index contributed by atoms with van der Waals surface area (Å²) < 4.78 is 5.57. The van der Waals surface area contributed by atoms with Crippen molar-refractivity contribution >= 4 is 17.3 Å². The van der Waals surface area contributed by atoms with Crippen LogP contribution >= 0.6 is 0 Å². The van der Waals surface area contributed by atoms with Gasteiger partial charge in [0.25, 0.3) is 5.91 Å². The number of carbonyl (C=O) groups is 1. The van der Waals surface area contributed by atoms with Gasteiger partial charge in [0.15, 0.2) is 0 Å². The minimum Gasteiger partial charge on any atom is -0.399 e. The number of rotatable bonds is 2. The van der Waals surface area contributed by atoms with Crippen molar-refractivity contribution < 1.29 is 9.53 Å². The summed E-state index contributed by atoms with van der Waals surface area (Å²) in [6.07, 6.45) is 0.849. The highest BCUT2D eigenvalue weighted by atomic mass is 16.5. The fourth-order valence-electron chi connectivity index (χ4n) is 2.38. The van der Waals surface area contributed by atoms with Gasteiger partial charge in [0, 0.05) is 17.4 Å². The number of benzene rings is 1. The SMILES string of the molecule is CC1Cc2cc(N)ccc2N1C(=O)COC(C)(C)C. The van der Waals surface area contributed by atoms with Crippen LogP contribution in [0.25, 0.3) is 0 Å². The third-order valence-corrected chi connectivity index (χ3v) is 3.22. The lowest BCUT2D eigenvalue weighted by atomic mass is 10.1.